The zero-order valence-corrected chi connectivity index (χ0v) is 13.3. The molecule has 0 spiro atoms. The van der Waals surface area contributed by atoms with E-state index in [0.717, 1.165) is 11.4 Å². The SMILES string of the molecule is COCCOc1ccc(NC(=O)CC(N)C(C)(C)C)cc1. The molecule has 1 atom stereocenters. The smallest absolute Gasteiger partial charge is 0.225 e. The van der Waals surface area contributed by atoms with Crippen molar-refractivity contribution in [1.82, 2.24) is 0 Å². The molecule has 0 aliphatic heterocycles. The average molecular weight is 294 g/mol. The summed E-state index contributed by atoms with van der Waals surface area (Å²) >= 11 is 0. The summed E-state index contributed by atoms with van der Waals surface area (Å²) < 4.78 is 10.4. The van der Waals surface area contributed by atoms with Gasteiger partial charge in [0.25, 0.3) is 0 Å². The number of nitrogens with two attached hydrogens (primary N) is 1. The summed E-state index contributed by atoms with van der Waals surface area (Å²) in [5.41, 5.74) is 6.65. The third-order valence-electron chi connectivity index (χ3n) is 3.21. The molecule has 0 aliphatic rings. The first kappa shape index (κ1) is 17.5. The highest BCUT2D eigenvalue weighted by molar-refractivity contribution is 5.91. The molecule has 21 heavy (non-hydrogen) atoms. The number of hydrogen-bond acceptors (Lipinski definition) is 4. The first-order valence-corrected chi connectivity index (χ1v) is 7.10. The molecule has 3 N–H and O–H groups in total. The third-order valence-corrected chi connectivity index (χ3v) is 3.21. The minimum absolute atomic E-state index is 0.0783. The number of ether oxygens (including phenoxy) is 2. The normalized spacial score (nSPS) is 12.8. The largest absolute Gasteiger partial charge is 0.491 e. The summed E-state index contributed by atoms with van der Waals surface area (Å²) in [5, 5.41) is 2.84. The highest BCUT2D eigenvalue weighted by atomic mass is 16.5. The maximum absolute atomic E-state index is 11.9. The van der Waals surface area contributed by atoms with E-state index in [1.54, 1.807) is 7.11 Å². The van der Waals surface area contributed by atoms with Crippen molar-refractivity contribution in [3.63, 3.8) is 0 Å². The van der Waals surface area contributed by atoms with Gasteiger partial charge in [0.15, 0.2) is 0 Å². The first-order valence-electron chi connectivity index (χ1n) is 7.10. The van der Waals surface area contributed by atoms with Crippen LogP contribution in [0.25, 0.3) is 0 Å². The summed E-state index contributed by atoms with van der Waals surface area (Å²) in [6, 6.07) is 7.07. The Hall–Kier alpha value is -1.59. The van der Waals surface area contributed by atoms with Crippen LogP contribution in [0.5, 0.6) is 5.75 Å². The van der Waals surface area contributed by atoms with Gasteiger partial charge in [0.2, 0.25) is 5.91 Å². The number of rotatable bonds is 7. The highest BCUT2D eigenvalue weighted by Gasteiger charge is 2.23. The molecule has 1 aromatic carbocycles. The summed E-state index contributed by atoms with van der Waals surface area (Å²) in [6.45, 7) is 7.12. The molecule has 0 fully saturated rings. The molecule has 5 nitrogen and oxygen atoms in total. The second-order valence-corrected chi connectivity index (χ2v) is 6.09. The van der Waals surface area contributed by atoms with Crippen LogP contribution < -0.4 is 15.8 Å². The molecule has 0 aliphatic carbocycles. The molecular weight excluding hydrogens is 268 g/mol. The second-order valence-electron chi connectivity index (χ2n) is 6.09. The van der Waals surface area contributed by atoms with Gasteiger partial charge in [0.05, 0.1) is 6.61 Å². The number of carbonyl (C=O) groups is 1. The summed E-state index contributed by atoms with van der Waals surface area (Å²) in [7, 11) is 1.63. The van der Waals surface area contributed by atoms with Crippen LogP contribution in [0.1, 0.15) is 27.2 Å². The van der Waals surface area contributed by atoms with Gasteiger partial charge in [0, 0.05) is 25.3 Å². The lowest BCUT2D eigenvalue weighted by Gasteiger charge is -2.26. The van der Waals surface area contributed by atoms with E-state index in [-0.39, 0.29) is 17.4 Å². The van der Waals surface area contributed by atoms with E-state index in [1.807, 2.05) is 45.0 Å². The number of carbonyl (C=O) groups excluding carboxylic acids is 1. The van der Waals surface area contributed by atoms with Gasteiger partial charge in [-0.2, -0.15) is 0 Å². The number of benzene rings is 1. The number of nitrogens with one attached hydrogen (secondary N) is 1. The zero-order valence-electron chi connectivity index (χ0n) is 13.3. The Labute approximate surface area is 126 Å². The van der Waals surface area contributed by atoms with Gasteiger partial charge in [0.1, 0.15) is 12.4 Å². The lowest BCUT2D eigenvalue weighted by atomic mass is 9.85. The Morgan fingerprint density at radius 3 is 2.38 bits per heavy atom. The van der Waals surface area contributed by atoms with Gasteiger partial charge in [-0.15, -0.1) is 0 Å². The van der Waals surface area contributed by atoms with E-state index in [2.05, 4.69) is 5.32 Å². The standard InChI is InChI=1S/C16H26N2O3/c1-16(2,3)14(17)11-15(19)18-12-5-7-13(8-6-12)21-10-9-20-4/h5-8,14H,9-11,17H2,1-4H3,(H,18,19). The minimum atomic E-state index is -0.172. The molecule has 1 unspecified atom stereocenters. The molecule has 0 radical (unpaired) electrons. The van der Waals surface area contributed by atoms with Crippen LogP contribution in [-0.4, -0.2) is 32.3 Å². The van der Waals surface area contributed by atoms with E-state index < -0.39 is 0 Å². The predicted molar refractivity (Wildman–Crippen MR) is 84.5 cm³/mol. The number of methoxy groups -OCH3 is 1. The monoisotopic (exact) mass is 294 g/mol. The van der Waals surface area contributed by atoms with Gasteiger partial charge in [-0.3, -0.25) is 4.79 Å². The molecule has 0 aromatic heterocycles. The Kier molecular flexibility index (Phi) is 6.65. The summed E-state index contributed by atoms with van der Waals surface area (Å²) in [4.78, 5) is 11.9. The van der Waals surface area contributed by atoms with Crippen molar-refractivity contribution < 1.29 is 14.3 Å². The van der Waals surface area contributed by atoms with Crippen molar-refractivity contribution in [3.05, 3.63) is 24.3 Å². The second kappa shape index (κ2) is 8.00. The predicted octanol–water partition coefficient (Wildman–Crippen LogP) is 2.41. The van der Waals surface area contributed by atoms with Gasteiger partial charge in [-0.1, -0.05) is 20.8 Å². The fraction of sp³-hybridized carbons (Fsp3) is 0.562. The average Bonchev–Trinajstić information content (AvgIpc) is 2.40. The van der Waals surface area contributed by atoms with Gasteiger partial charge >= 0.3 is 0 Å². The highest BCUT2D eigenvalue weighted by Crippen LogP contribution is 2.21. The molecule has 1 aromatic rings. The first-order chi connectivity index (χ1) is 9.82. The van der Waals surface area contributed by atoms with Crippen LogP contribution in [0.3, 0.4) is 0 Å². The molecule has 0 heterocycles. The third kappa shape index (κ3) is 6.60. The van der Waals surface area contributed by atoms with Crippen LogP contribution in [0, 0.1) is 5.41 Å². The Balaban J connectivity index is 2.46. The molecule has 0 bridgehead atoms. The van der Waals surface area contributed by atoms with Gasteiger partial charge < -0.3 is 20.5 Å². The number of hydrogen-bond donors (Lipinski definition) is 2. The lowest BCUT2D eigenvalue weighted by molar-refractivity contribution is -0.117. The van der Waals surface area contributed by atoms with E-state index in [1.165, 1.54) is 0 Å². The van der Waals surface area contributed by atoms with Crippen LogP contribution in [0.4, 0.5) is 5.69 Å². The van der Waals surface area contributed by atoms with E-state index in [0.29, 0.717) is 19.6 Å². The summed E-state index contributed by atoms with van der Waals surface area (Å²) in [6.07, 6.45) is 0.301. The Morgan fingerprint density at radius 2 is 1.86 bits per heavy atom. The Bertz CT molecular complexity index is 438. The molecular formula is C16H26N2O3. The molecule has 118 valence electrons. The van der Waals surface area contributed by atoms with Crippen LogP contribution in [0.15, 0.2) is 24.3 Å². The van der Waals surface area contributed by atoms with Crippen molar-refractivity contribution in [1.29, 1.82) is 0 Å². The van der Waals surface area contributed by atoms with Crippen molar-refractivity contribution in [2.24, 2.45) is 11.1 Å². The minimum Gasteiger partial charge on any atom is -0.491 e. The quantitative estimate of drug-likeness (QED) is 0.757. The fourth-order valence-corrected chi connectivity index (χ4v) is 1.60. The van der Waals surface area contributed by atoms with E-state index >= 15 is 0 Å². The Morgan fingerprint density at radius 1 is 1.24 bits per heavy atom. The van der Waals surface area contributed by atoms with Crippen molar-refractivity contribution in [2.75, 3.05) is 25.6 Å². The topological polar surface area (TPSA) is 73.6 Å². The van der Waals surface area contributed by atoms with Crippen molar-refractivity contribution in [2.45, 2.75) is 33.2 Å². The van der Waals surface area contributed by atoms with Gasteiger partial charge in [-0.25, -0.2) is 0 Å². The van der Waals surface area contributed by atoms with E-state index in [9.17, 15) is 4.79 Å². The maximum Gasteiger partial charge on any atom is 0.225 e. The number of anilines is 1. The van der Waals surface area contributed by atoms with Gasteiger partial charge in [-0.05, 0) is 29.7 Å². The molecule has 1 amide bonds. The van der Waals surface area contributed by atoms with E-state index in [4.69, 9.17) is 15.2 Å². The van der Waals surface area contributed by atoms with Crippen molar-refractivity contribution >= 4 is 11.6 Å². The van der Waals surface area contributed by atoms with Crippen LogP contribution in [-0.2, 0) is 9.53 Å². The molecule has 0 saturated heterocycles. The molecule has 5 heteroatoms. The molecule has 1 rings (SSSR count). The summed E-state index contributed by atoms with van der Waals surface area (Å²) in [5.74, 6) is 0.668. The van der Waals surface area contributed by atoms with Crippen LogP contribution in [0.2, 0.25) is 0 Å². The fourth-order valence-electron chi connectivity index (χ4n) is 1.60. The van der Waals surface area contributed by atoms with Crippen molar-refractivity contribution in [3.8, 4) is 5.75 Å². The lowest BCUT2D eigenvalue weighted by Crippen LogP contribution is -2.38. The zero-order chi connectivity index (χ0) is 15.9. The molecule has 0 saturated carbocycles. The maximum atomic E-state index is 11.9. The van der Waals surface area contributed by atoms with Crippen LogP contribution >= 0.6 is 0 Å². The number of amides is 1.